The van der Waals surface area contributed by atoms with E-state index < -0.39 is 0 Å². The molecule has 4 rings (SSSR count). The number of rotatable bonds is 5. The van der Waals surface area contributed by atoms with E-state index in [2.05, 4.69) is 21.1 Å². The predicted molar refractivity (Wildman–Crippen MR) is 106 cm³/mol. The minimum atomic E-state index is -0.349. The van der Waals surface area contributed by atoms with Crippen molar-refractivity contribution in [2.75, 3.05) is 21.3 Å². The topological polar surface area (TPSA) is 87.9 Å². The summed E-state index contributed by atoms with van der Waals surface area (Å²) in [5, 5.41) is 4.02. The Hall–Kier alpha value is -3.13. The van der Waals surface area contributed by atoms with Crippen LogP contribution in [0.1, 0.15) is 43.3 Å². The Morgan fingerprint density at radius 2 is 1.62 bits per heavy atom. The predicted octanol–water partition coefficient (Wildman–Crippen LogP) is 3.83. The van der Waals surface area contributed by atoms with Crippen molar-refractivity contribution in [3.63, 3.8) is 0 Å². The number of ketones is 2. The van der Waals surface area contributed by atoms with Gasteiger partial charge in [0.2, 0.25) is 17.3 Å². The molecule has 0 saturated carbocycles. The number of hydrogen-bond donors (Lipinski definition) is 0. The lowest BCUT2D eigenvalue weighted by molar-refractivity contribution is 0.0955. The number of benzene rings is 2. The van der Waals surface area contributed by atoms with E-state index >= 15 is 0 Å². The van der Waals surface area contributed by atoms with Crippen molar-refractivity contribution in [1.82, 2.24) is 5.16 Å². The van der Waals surface area contributed by atoms with Crippen molar-refractivity contribution in [2.24, 2.45) is 0 Å². The van der Waals surface area contributed by atoms with Crippen LogP contribution < -0.4 is 14.2 Å². The Balaban J connectivity index is 1.81. The third kappa shape index (κ3) is 2.91. The highest BCUT2D eigenvalue weighted by Gasteiger charge is 2.36. The summed E-state index contributed by atoms with van der Waals surface area (Å²) in [4.78, 5) is 25.7. The molecule has 0 bridgehead atoms. The second-order valence-electron chi connectivity index (χ2n) is 6.33. The van der Waals surface area contributed by atoms with Crippen LogP contribution in [0.3, 0.4) is 0 Å². The molecule has 148 valence electrons. The molecule has 1 aliphatic carbocycles. The highest BCUT2D eigenvalue weighted by Crippen LogP contribution is 2.45. The van der Waals surface area contributed by atoms with Gasteiger partial charge >= 0.3 is 0 Å². The third-order valence-electron chi connectivity index (χ3n) is 4.82. The summed E-state index contributed by atoms with van der Waals surface area (Å²) in [5.74, 6) is 0.688. The lowest BCUT2D eigenvalue weighted by atomic mass is 9.86. The van der Waals surface area contributed by atoms with E-state index in [0.29, 0.717) is 38.5 Å². The summed E-state index contributed by atoms with van der Waals surface area (Å²) in [7, 11) is 4.55. The fraction of sp³-hybridized carbons (Fsp3) is 0.190. The molecule has 7 nitrogen and oxygen atoms in total. The molecule has 0 amide bonds. The maximum atomic E-state index is 13.0. The van der Waals surface area contributed by atoms with Gasteiger partial charge in [-0.25, -0.2) is 0 Å². The zero-order valence-corrected chi connectivity index (χ0v) is 17.5. The first kappa shape index (κ1) is 19.2. The molecule has 0 radical (unpaired) electrons. The van der Waals surface area contributed by atoms with Gasteiger partial charge in [-0.15, -0.1) is 0 Å². The maximum Gasteiger partial charge on any atom is 0.232 e. The lowest BCUT2D eigenvalue weighted by Crippen LogP contribution is -2.20. The SMILES string of the molecule is COc1cc(Cc2noc3c2C(=O)c2ccccc2C3=O)c(Br)c(OC)c1OC. The maximum absolute atomic E-state index is 13.0. The zero-order valence-electron chi connectivity index (χ0n) is 15.9. The molecule has 0 spiro atoms. The molecule has 0 atom stereocenters. The van der Waals surface area contributed by atoms with E-state index in [-0.39, 0.29) is 29.3 Å². The van der Waals surface area contributed by atoms with Crippen molar-refractivity contribution in [3.05, 3.63) is 68.5 Å². The molecule has 0 N–H and O–H groups in total. The van der Waals surface area contributed by atoms with Gasteiger partial charge in [0.05, 0.1) is 37.1 Å². The largest absolute Gasteiger partial charge is 0.493 e. The summed E-state index contributed by atoms with van der Waals surface area (Å²) in [6, 6.07) is 8.42. The minimum Gasteiger partial charge on any atom is -0.493 e. The molecule has 1 aliphatic rings. The number of aromatic nitrogens is 1. The van der Waals surface area contributed by atoms with Gasteiger partial charge in [0.25, 0.3) is 0 Å². The van der Waals surface area contributed by atoms with Crippen LogP contribution in [-0.2, 0) is 6.42 Å². The van der Waals surface area contributed by atoms with Crippen molar-refractivity contribution >= 4 is 27.5 Å². The summed E-state index contributed by atoms with van der Waals surface area (Å²) in [5.41, 5.74) is 1.95. The molecule has 0 fully saturated rings. The first-order valence-electron chi connectivity index (χ1n) is 8.66. The van der Waals surface area contributed by atoms with Crippen molar-refractivity contribution in [1.29, 1.82) is 0 Å². The molecule has 3 aromatic rings. The molecule has 2 aromatic carbocycles. The average Bonchev–Trinajstić information content (AvgIpc) is 3.17. The van der Waals surface area contributed by atoms with Crippen LogP contribution in [0.15, 0.2) is 39.3 Å². The van der Waals surface area contributed by atoms with Crippen molar-refractivity contribution in [2.45, 2.75) is 6.42 Å². The molecule has 8 heteroatoms. The number of carbonyl (C=O) groups is 2. The fourth-order valence-corrected chi connectivity index (χ4v) is 4.05. The summed E-state index contributed by atoms with van der Waals surface area (Å²) in [6.45, 7) is 0. The quantitative estimate of drug-likeness (QED) is 0.449. The Morgan fingerprint density at radius 3 is 2.24 bits per heavy atom. The van der Waals surface area contributed by atoms with Crippen LogP contribution >= 0.6 is 15.9 Å². The van der Waals surface area contributed by atoms with E-state index in [1.807, 2.05) is 0 Å². The molecule has 0 aliphatic heterocycles. The number of nitrogens with zero attached hydrogens (tertiary/aromatic N) is 1. The highest BCUT2D eigenvalue weighted by atomic mass is 79.9. The van der Waals surface area contributed by atoms with Crippen LogP contribution in [0.2, 0.25) is 0 Å². The van der Waals surface area contributed by atoms with Crippen LogP contribution in [0.25, 0.3) is 0 Å². The van der Waals surface area contributed by atoms with Crippen LogP contribution in [0.5, 0.6) is 17.2 Å². The summed E-state index contributed by atoms with van der Waals surface area (Å²) < 4.78 is 22.1. The molecule has 29 heavy (non-hydrogen) atoms. The molecule has 1 heterocycles. The van der Waals surface area contributed by atoms with E-state index in [9.17, 15) is 9.59 Å². The van der Waals surface area contributed by atoms with E-state index in [1.54, 1.807) is 30.3 Å². The van der Waals surface area contributed by atoms with Gasteiger partial charge in [0.15, 0.2) is 17.3 Å². The van der Waals surface area contributed by atoms with Gasteiger partial charge in [0.1, 0.15) is 0 Å². The molecule has 1 aromatic heterocycles. The van der Waals surface area contributed by atoms with Crippen molar-refractivity contribution < 1.29 is 28.3 Å². The van der Waals surface area contributed by atoms with Crippen LogP contribution in [-0.4, -0.2) is 38.1 Å². The van der Waals surface area contributed by atoms with Crippen molar-refractivity contribution in [3.8, 4) is 17.2 Å². The van der Waals surface area contributed by atoms with E-state index in [0.717, 1.165) is 5.56 Å². The number of carbonyl (C=O) groups excluding carboxylic acids is 2. The second-order valence-corrected chi connectivity index (χ2v) is 7.13. The first-order chi connectivity index (χ1) is 14.0. The number of halogens is 1. The second kappa shape index (κ2) is 7.36. The van der Waals surface area contributed by atoms with Gasteiger partial charge < -0.3 is 18.7 Å². The molecular weight excluding hydrogens is 442 g/mol. The number of ether oxygens (including phenoxy) is 3. The van der Waals surface area contributed by atoms with Gasteiger partial charge in [-0.3, -0.25) is 9.59 Å². The number of hydrogen-bond acceptors (Lipinski definition) is 7. The molecule has 0 unspecified atom stereocenters. The standard InChI is InChI=1S/C21H16BrNO6/c1-26-14-9-10(16(22)21(28-3)19(14)27-2)8-13-15-17(24)11-6-4-5-7-12(11)18(25)20(15)29-23-13/h4-7,9H,8H2,1-3H3. The average molecular weight is 458 g/mol. The summed E-state index contributed by atoms with van der Waals surface area (Å²) >= 11 is 3.52. The van der Waals surface area contributed by atoms with Gasteiger partial charge in [-0.05, 0) is 27.6 Å². The highest BCUT2D eigenvalue weighted by molar-refractivity contribution is 9.10. The third-order valence-corrected chi connectivity index (χ3v) is 5.68. The number of fused-ring (bicyclic) bond motifs is 2. The lowest BCUT2D eigenvalue weighted by Gasteiger charge is -2.17. The summed E-state index contributed by atoms with van der Waals surface area (Å²) in [6.07, 6.45) is 0.220. The smallest absolute Gasteiger partial charge is 0.232 e. The Kier molecular flexibility index (Phi) is 4.87. The Bertz CT molecular complexity index is 1150. The van der Waals surface area contributed by atoms with Crippen LogP contribution in [0, 0.1) is 0 Å². The molecule has 0 saturated heterocycles. The minimum absolute atomic E-state index is 0.0349. The van der Waals surface area contributed by atoms with Gasteiger partial charge in [-0.1, -0.05) is 29.4 Å². The van der Waals surface area contributed by atoms with Gasteiger partial charge in [0, 0.05) is 17.5 Å². The van der Waals surface area contributed by atoms with Gasteiger partial charge in [-0.2, -0.15) is 0 Å². The van der Waals surface area contributed by atoms with E-state index in [4.69, 9.17) is 18.7 Å². The first-order valence-corrected chi connectivity index (χ1v) is 9.45. The zero-order chi connectivity index (χ0) is 20.7. The normalized spacial score (nSPS) is 12.4. The fourth-order valence-electron chi connectivity index (χ4n) is 3.45. The number of methoxy groups -OCH3 is 3. The molecular formula is C21H16BrNO6. The Labute approximate surface area is 174 Å². The Morgan fingerprint density at radius 1 is 0.966 bits per heavy atom. The monoisotopic (exact) mass is 457 g/mol. The van der Waals surface area contributed by atoms with Crippen LogP contribution in [0.4, 0.5) is 0 Å². The van der Waals surface area contributed by atoms with E-state index in [1.165, 1.54) is 21.3 Å².